The molecular formula is C10H19ClO. The molecule has 0 aliphatic rings. The number of halogens is 1. The van der Waals surface area contributed by atoms with Crippen LogP contribution < -0.4 is 0 Å². The summed E-state index contributed by atoms with van der Waals surface area (Å²) in [5.74, 6) is 0.617. The molecule has 0 rings (SSSR count). The van der Waals surface area contributed by atoms with Crippen LogP contribution in [0.1, 0.15) is 26.7 Å². The summed E-state index contributed by atoms with van der Waals surface area (Å²) in [7, 11) is 0. The van der Waals surface area contributed by atoms with Crippen molar-refractivity contribution in [2.75, 3.05) is 19.1 Å². The molecule has 0 aromatic heterocycles. The van der Waals surface area contributed by atoms with E-state index in [9.17, 15) is 0 Å². The zero-order valence-electron chi connectivity index (χ0n) is 8.11. The summed E-state index contributed by atoms with van der Waals surface area (Å²) >= 11 is 5.79. The lowest BCUT2D eigenvalue weighted by Crippen LogP contribution is -2.17. The lowest BCUT2D eigenvalue weighted by molar-refractivity contribution is 0.115. The maximum atomic E-state index is 5.79. The van der Waals surface area contributed by atoms with Crippen molar-refractivity contribution in [3.8, 4) is 0 Å². The Morgan fingerprint density at radius 3 is 2.58 bits per heavy atom. The summed E-state index contributed by atoms with van der Waals surface area (Å²) < 4.78 is 5.38. The molecule has 1 nitrogen and oxygen atoms in total. The predicted molar refractivity (Wildman–Crippen MR) is 54.8 cm³/mol. The molecule has 0 N–H and O–H groups in total. The van der Waals surface area contributed by atoms with Crippen LogP contribution in [0, 0.1) is 5.41 Å². The third-order valence-electron chi connectivity index (χ3n) is 1.96. The van der Waals surface area contributed by atoms with E-state index in [0.717, 1.165) is 26.1 Å². The van der Waals surface area contributed by atoms with Gasteiger partial charge >= 0.3 is 0 Å². The smallest absolute Gasteiger partial charge is 0.0474 e. The largest absolute Gasteiger partial charge is 0.381 e. The van der Waals surface area contributed by atoms with Gasteiger partial charge in [0.15, 0.2) is 0 Å². The van der Waals surface area contributed by atoms with Crippen LogP contribution in [-0.2, 0) is 4.74 Å². The van der Waals surface area contributed by atoms with E-state index in [1.165, 1.54) is 0 Å². The van der Waals surface area contributed by atoms with E-state index in [4.69, 9.17) is 16.3 Å². The van der Waals surface area contributed by atoms with Crippen molar-refractivity contribution in [3.63, 3.8) is 0 Å². The number of rotatable bonds is 7. The highest BCUT2D eigenvalue weighted by Crippen LogP contribution is 2.24. The van der Waals surface area contributed by atoms with E-state index in [-0.39, 0.29) is 5.41 Å². The normalized spacial score (nSPS) is 15.6. The Morgan fingerprint density at radius 2 is 2.17 bits per heavy atom. The quantitative estimate of drug-likeness (QED) is 0.340. The van der Waals surface area contributed by atoms with Crippen LogP contribution in [0.5, 0.6) is 0 Å². The first-order valence-electron chi connectivity index (χ1n) is 4.46. The fourth-order valence-corrected chi connectivity index (χ4v) is 1.02. The summed E-state index contributed by atoms with van der Waals surface area (Å²) in [6, 6.07) is 0. The SMILES string of the molecule is C=CC(C)(CCl)CCOCCC. The van der Waals surface area contributed by atoms with Crippen molar-refractivity contribution in [1.82, 2.24) is 0 Å². The third kappa shape index (κ3) is 4.78. The monoisotopic (exact) mass is 190 g/mol. The van der Waals surface area contributed by atoms with E-state index >= 15 is 0 Å². The van der Waals surface area contributed by atoms with Gasteiger partial charge < -0.3 is 4.74 Å². The molecule has 0 aliphatic heterocycles. The fourth-order valence-electron chi connectivity index (χ4n) is 0.775. The van der Waals surface area contributed by atoms with Crippen LogP contribution in [-0.4, -0.2) is 19.1 Å². The van der Waals surface area contributed by atoms with Gasteiger partial charge in [0.25, 0.3) is 0 Å². The van der Waals surface area contributed by atoms with Gasteiger partial charge in [0.05, 0.1) is 0 Å². The van der Waals surface area contributed by atoms with E-state index in [1.54, 1.807) is 0 Å². The van der Waals surface area contributed by atoms with Crippen LogP contribution in [0.2, 0.25) is 0 Å². The van der Waals surface area contributed by atoms with Gasteiger partial charge in [-0.2, -0.15) is 0 Å². The van der Waals surface area contributed by atoms with Crippen LogP contribution in [0.3, 0.4) is 0 Å². The standard InChI is InChI=1S/C10H19ClO/c1-4-7-12-8-6-10(3,5-2)9-11/h5H,2,4,6-9H2,1,3H3. The molecule has 0 saturated heterocycles. The van der Waals surface area contributed by atoms with E-state index in [1.807, 2.05) is 6.08 Å². The molecule has 1 atom stereocenters. The second kappa shape index (κ2) is 6.50. The molecule has 72 valence electrons. The summed E-state index contributed by atoms with van der Waals surface area (Å²) in [6.45, 7) is 9.59. The number of hydrogen-bond acceptors (Lipinski definition) is 1. The van der Waals surface area contributed by atoms with Crippen molar-refractivity contribution in [3.05, 3.63) is 12.7 Å². The number of alkyl halides is 1. The number of hydrogen-bond donors (Lipinski definition) is 0. The summed E-state index contributed by atoms with van der Waals surface area (Å²) in [5.41, 5.74) is 0.0370. The van der Waals surface area contributed by atoms with Crippen molar-refractivity contribution >= 4 is 11.6 Å². The lowest BCUT2D eigenvalue weighted by Gasteiger charge is -2.22. The third-order valence-corrected chi connectivity index (χ3v) is 2.57. The zero-order valence-corrected chi connectivity index (χ0v) is 8.86. The molecule has 0 radical (unpaired) electrons. The molecule has 0 heterocycles. The van der Waals surface area contributed by atoms with Gasteiger partial charge in [-0.1, -0.05) is 19.9 Å². The first kappa shape index (κ1) is 12.0. The highest BCUT2D eigenvalue weighted by atomic mass is 35.5. The molecule has 0 saturated carbocycles. The van der Waals surface area contributed by atoms with E-state index < -0.39 is 0 Å². The van der Waals surface area contributed by atoms with Gasteiger partial charge in [-0.25, -0.2) is 0 Å². The summed E-state index contributed by atoms with van der Waals surface area (Å²) in [4.78, 5) is 0. The van der Waals surface area contributed by atoms with Crippen LogP contribution in [0.25, 0.3) is 0 Å². The van der Waals surface area contributed by atoms with Crippen LogP contribution in [0.15, 0.2) is 12.7 Å². The molecule has 0 aromatic rings. The maximum Gasteiger partial charge on any atom is 0.0474 e. The molecule has 12 heavy (non-hydrogen) atoms. The highest BCUT2D eigenvalue weighted by Gasteiger charge is 2.17. The Balaban J connectivity index is 3.51. The molecule has 2 heteroatoms. The minimum atomic E-state index is 0.0370. The average Bonchev–Trinajstić information content (AvgIpc) is 2.12. The first-order chi connectivity index (χ1) is 5.68. The molecule has 0 aliphatic carbocycles. The Morgan fingerprint density at radius 1 is 1.50 bits per heavy atom. The van der Waals surface area contributed by atoms with Gasteiger partial charge in [0.1, 0.15) is 0 Å². The van der Waals surface area contributed by atoms with Crippen molar-refractivity contribution < 1.29 is 4.74 Å². The van der Waals surface area contributed by atoms with Gasteiger partial charge in [0.2, 0.25) is 0 Å². The minimum Gasteiger partial charge on any atom is -0.381 e. The summed E-state index contributed by atoms with van der Waals surface area (Å²) in [5, 5.41) is 0. The average molecular weight is 191 g/mol. The van der Waals surface area contributed by atoms with Crippen molar-refractivity contribution in [2.24, 2.45) is 5.41 Å². The number of ether oxygens (including phenoxy) is 1. The second-order valence-corrected chi connectivity index (χ2v) is 3.62. The van der Waals surface area contributed by atoms with E-state index in [2.05, 4.69) is 20.4 Å². The number of allylic oxidation sites excluding steroid dienone is 1. The van der Waals surface area contributed by atoms with Gasteiger partial charge in [-0.05, 0) is 12.8 Å². The predicted octanol–water partition coefficient (Wildman–Crippen LogP) is 3.23. The van der Waals surface area contributed by atoms with Gasteiger partial charge in [-0.3, -0.25) is 0 Å². The Labute approximate surface area is 80.8 Å². The topological polar surface area (TPSA) is 9.23 Å². The van der Waals surface area contributed by atoms with Crippen molar-refractivity contribution in [1.29, 1.82) is 0 Å². The zero-order chi connectivity index (χ0) is 9.45. The van der Waals surface area contributed by atoms with Crippen molar-refractivity contribution in [2.45, 2.75) is 26.7 Å². The molecule has 0 amide bonds. The minimum absolute atomic E-state index is 0.0370. The Bertz CT molecular complexity index is 125. The first-order valence-corrected chi connectivity index (χ1v) is 4.99. The van der Waals surface area contributed by atoms with E-state index in [0.29, 0.717) is 5.88 Å². The fraction of sp³-hybridized carbons (Fsp3) is 0.800. The van der Waals surface area contributed by atoms with Crippen LogP contribution in [0.4, 0.5) is 0 Å². The molecular weight excluding hydrogens is 172 g/mol. The molecule has 0 aromatic carbocycles. The second-order valence-electron chi connectivity index (χ2n) is 3.35. The molecule has 0 spiro atoms. The van der Waals surface area contributed by atoms with Gasteiger partial charge in [-0.15, -0.1) is 18.2 Å². The molecule has 0 bridgehead atoms. The summed E-state index contributed by atoms with van der Waals surface area (Å²) in [6.07, 6.45) is 3.95. The van der Waals surface area contributed by atoms with Gasteiger partial charge in [0, 0.05) is 24.5 Å². The molecule has 0 fully saturated rings. The maximum absolute atomic E-state index is 5.79. The Hall–Kier alpha value is -0.0100. The highest BCUT2D eigenvalue weighted by molar-refractivity contribution is 6.18. The van der Waals surface area contributed by atoms with Crippen LogP contribution >= 0.6 is 11.6 Å². The lowest BCUT2D eigenvalue weighted by atomic mass is 9.90. The Kier molecular flexibility index (Phi) is 6.49. The molecule has 1 unspecified atom stereocenters.